The highest BCUT2D eigenvalue weighted by Gasteiger charge is 2.28. The van der Waals surface area contributed by atoms with Crippen LogP contribution >= 0.6 is 0 Å². The van der Waals surface area contributed by atoms with E-state index in [-0.39, 0.29) is 23.3 Å². The molecule has 0 saturated carbocycles. The van der Waals surface area contributed by atoms with Crippen LogP contribution in [0.25, 0.3) is 0 Å². The predicted octanol–water partition coefficient (Wildman–Crippen LogP) is 4.34. The fraction of sp³-hybridized carbons (Fsp3) is 0.550. The van der Waals surface area contributed by atoms with Gasteiger partial charge < -0.3 is 9.73 Å². The Labute approximate surface area is 150 Å². The SMILES string of the molecule is Cc1ccccc1C(NC(=O)CCc1nnc(C(C)C)o1)C(C)(C)C. The van der Waals surface area contributed by atoms with Crippen molar-refractivity contribution in [1.29, 1.82) is 0 Å². The van der Waals surface area contributed by atoms with Gasteiger partial charge in [0.2, 0.25) is 17.7 Å². The zero-order valence-electron chi connectivity index (χ0n) is 16.1. The molecule has 0 spiro atoms. The third-order valence-electron chi connectivity index (χ3n) is 4.21. The van der Waals surface area contributed by atoms with Gasteiger partial charge in [0.25, 0.3) is 0 Å². The highest BCUT2D eigenvalue weighted by Crippen LogP contribution is 2.34. The summed E-state index contributed by atoms with van der Waals surface area (Å²) in [4.78, 5) is 12.5. The molecule has 1 aromatic carbocycles. The van der Waals surface area contributed by atoms with Gasteiger partial charge in [0.1, 0.15) is 0 Å². The lowest BCUT2D eigenvalue weighted by Crippen LogP contribution is -2.37. The first-order chi connectivity index (χ1) is 11.7. The van der Waals surface area contributed by atoms with Crippen molar-refractivity contribution in [3.05, 3.63) is 47.2 Å². The van der Waals surface area contributed by atoms with Gasteiger partial charge in [-0.25, -0.2) is 0 Å². The summed E-state index contributed by atoms with van der Waals surface area (Å²) in [6.07, 6.45) is 0.786. The molecule has 0 aliphatic carbocycles. The van der Waals surface area contributed by atoms with Gasteiger partial charge in [-0.1, -0.05) is 58.9 Å². The van der Waals surface area contributed by atoms with Crippen molar-refractivity contribution in [2.75, 3.05) is 0 Å². The van der Waals surface area contributed by atoms with E-state index in [2.05, 4.69) is 55.3 Å². The monoisotopic (exact) mass is 343 g/mol. The van der Waals surface area contributed by atoms with Crippen LogP contribution < -0.4 is 5.32 Å². The Morgan fingerprint density at radius 2 is 1.88 bits per heavy atom. The molecule has 0 saturated heterocycles. The standard InChI is InChI=1S/C20H29N3O2/c1-13(2)19-23-22-17(25-19)12-11-16(24)21-18(20(4,5)6)15-10-8-7-9-14(15)3/h7-10,13,18H,11-12H2,1-6H3,(H,21,24). The number of hydrogen-bond donors (Lipinski definition) is 1. The summed E-state index contributed by atoms with van der Waals surface area (Å²) in [5.74, 6) is 1.32. The maximum atomic E-state index is 12.5. The number of aryl methyl sites for hydroxylation is 2. The molecule has 0 fully saturated rings. The van der Waals surface area contributed by atoms with E-state index in [9.17, 15) is 4.79 Å². The van der Waals surface area contributed by atoms with E-state index >= 15 is 0 Å². The molecule has 136 valence electrons. The third kappa shape index (κ3) is 5.15. The van der Waals surface area contributed by atoms with Crippen molar-refractivity contribution in [2.45, 2.75) is 66.3 Å². The Kier molecular flexibility index (Phi) is 5.98. The lowest BCUT2D eigenvalue weighted by Gasteiger charge is -2.33. The number of rotatable bonds is 6. The first-order valence-corrected chi connectivity index (χ1v) is 8.85. The molecule has 1 N–H and O–H groups in total. The Balaban J connectivity index is 2.03. The molecule has 0 bridgehead atoms. The van der Waals surface area contributed by atoms with Gasteiger partial charge in [0, 0.05) is 18.8 Å². The second-order valence-electron chi connectivity index (χ2n) is 7.91. The molecule has 1 aromatic heterocycles. The fourth-order valence-electron chi connectivity index (χ4n) is 2.73. The van der Waals surface area contributed by atoms with Gasteiger partial charge >= 0.3 is 0 Å². The smallest absolute Gasteiger partial charge is 0.221 e. The molecule has 1 amide bonds. The zero-order chi connectivity index (χ0) is 18.6. The summed E-state index contributed by atoms with van der Waals surface area (Å²) >= 11 is 0. The summed E-state index contributed by atoms with van der Waals surface area (Å²) in [7, 11) is 0. The number of benzene rings is 1. The summed E-state index contributed by atoms with van der Waals surface area (Å²) in [5, 5.41) is 11.2. The molecular weight excluding hydrogens is 314 g/mol. The molecule has 5 nitrogen and oxygen atoms in total. The molecule has 2 rings (SSSR count). The van der Waals surface area contributed by atoms with E-state index in [0.29, 0.717) is 24.6 Å². The number of carbonyl (C=O) groups is 1. The maximum absolute atomic E-state index is 12.5. The minimum atomic E-state index is -0.0862. The molecule has 25 heavy (non-hydrogen) atoms. The van der Waals surface area contributed by atoms with Gasteiger partial charge in [-0.3, -0.25) is 4.79 Å². The first kappa shape index (κ1) is 19.2. The molecule has 1 atom stereocenters. The molecule has 2 aromatic rings. The highest BCUT2D eigenvalue weighted by atomic mass is 16.4. The van der Waals surface area contributed by atoms with Crippen molar-refractivity contribution in [1.82, 2.24) is 15.5 Å². The van der Waals surface area contributed by atoms with Crippen molar-refractivity contribution < 1.29 is 9.21 Å². The lowest BCUT2D eigenvalue weighted by atomic mass is 9.80. The van der Waals surface area contributed by atoms with Crippen LogP contribution in [0.3, 0.4) is 0 Å². The second kappa shape index (κ2) is 7.81. The van der Waals surface area contributed by atoms with Crippen LogP contribution in [-0.4, -0.2) is 16.1 Å². The normalized spacial score (nSPS) is 13.1. The number of aromatic nitrogens is 2. The Morgan fingerprint density at radius 1 is 1.20 bits per heavy atom. The number of nitrogens with one attached hydrogen (secondary N) is 1. The van der Waals surface area contributed by atoms with Crippen molar-refractivity contribution in [3.63, 3.8) is 0 Å². The molecule has 1 heterocycles. The van der Waals surface area contributed by atoms with Gasteiger partial charge in [-0.15, -0.1) is 10.2 Å². The third-order valence-corrected chi connectivity index (χ3v) is 4.21. The van der Waals surface area contributed by atoms with Crippen molar-refractivity contribution >= 4 is 5.91 Å². The quantitative estimate of drug-likeness (QED) is 0.847. The zero-order valence-corrected chi connectivity index (χ0v) is 16.1. The summed E-state index contributed by atoms with van der Waals surface area (Å²) < 4.78 is 5.57. The fourth-order valence-corrected chi connectivity index (χ4v) is 2.73. The highest BCUT2D eigenvalue weighted by molar-refractivity contribution is 5.76. The minimum Gasteiger partial charge on any atom is -0.425 e. The summed E-state index contributed by atoms with van der Waals surface area (Å²) in [6, 6.07) is 8.14. The second-order valence-corrected chi connectivity index (χ2v) is 7.91. The van der Waals surface area contributed by atoms with Gasteiger partial charge in [0.15, 0.2) is 0 Å². The summed E-state index contributed by atoms with van der Waals surface area (Å²) in [5.41, 5.74) is 2.25. The van der Waals surface area contributed by atoms with E-state index in [1.54, 1.807) is 0 Å². The van der Waals surface area contributed by atoms with E-state index in [1.807, 2.05) is 26.0 Å². The maximum Gasteiger partial charge on any atom is 0.221 e. The number of carbonyl (C=O) groups excluding carboxylic acids is 1. The van der Waals surface area contributed by atoms with Crippen LogP contribution in [0, 0.1) is 12.3 Å². The molecule has 0 aliphatic rings. The molecule has 0 radical (unpaired) electrons. The molecule has 1 unspecified atom stereocenters. The summed E-state index contributed by atoms with van der Waals surface area (Å²) in [6.45, 7) is 12.5. The van der Waals surface area contributed by atoms with Crippen LogP contribution in [0.4, 0.5) is 0 Å². The number of nitrogens with zero attached hydrogens (tertiary/aromatic N) is 2. The molecule has 0 aliphatic heterocycles. The van der Waals surface area contributed by atoms with Crippen LogP contribution in [0.15, 0.2) is 28.7 Å². The molecule has 5 heteroatoms. The topological polar surface area (TPSA) is 68.0 Å². The average molecular weight is 343 g/mol. The molecular formula is C20H29N3O2. The van der Waals surface area contributed by atoms with Crippen LogP contribution in [0.1, 0.15) is 75.9 Å². The van der Waals surface area contributed by atoms with E-state index in [4.69, 9.17) is 4.42 Å². The van der Waals surface area contributed by atoms with Gasteiger partial charge in [0.05, 0.1) is 6.04 Å². The van der Waals surface area contributed by atoms with Crippen LogP contribution in [0.5, 0.6) is 0 Å². The number of hydrogen-bond acceptors (Lipinski definition) is 4. The van der Waals surface area contributed by atoms with Gasteiger partial charge in [-0.05, 0) is 23.5 Å². The Bertz CT molecular complexity index is 714. The van der Waals surface area contributed by atoms with E-state index < -0.39 is 0 Å². The first-order valence-electron chi connectivity index (χ1n) is 8.85. The number of amides is 1. The Morgan fingerprint density at radius 3 is 2.44 bits per heavy atom. The average Bonchev–Trinajstić information content (AvgIpc) is 3.00. The van der Waals surface area contributed by atoms with E-state index in [0.717, 1.165) is 5.56 Å². The van der Waals surface area contributed by atoms with E-state index in [1.165, 1.54) is 5.56 Å². The van der Waals surface area contributed by atoms with Crippen LogP contribution in [0.2, 0.25) is 0 Å². The predicted molar refractivity (Wildman–Crippen MR) is 98.2 cm³/mol. The Hall–Kier alpha value is -2.17. The lowest BCUT2D eigenvalue weighted by molar-refractivity contribution is -0.122. The van der Waals surface area contributed by atoms with Crippen molar-refractivity contribution in [3.8, 4) is 0 Å². The van der Waals surface area contributed by atoms with Gasteiger partial charge in [-0.2, -0.15) is 0 Å². The minimum absolute atomic E-state index is 0.00697. The largest absolute Gasteiger partial charge is 0.425 e. The van der Waals surface area contributed by atoms with Crippen LogP contribution in [-0.2, 0) is 11.2 Å². The van der Waals surface area contributed by atoms with Crippen molar-refractivity contribution in [2.24, 2.45) is 5.41 Å².